The number of halogens is 24. The van der Waals surface area contributed by atoms with Gasteiger partial charge in [-0.3, -0.25) is 0 Å². The summed E-state index contributed by atoms with van der Waals surface area (Å²) in [6.07, 6.45) is -52.9. The van der Waals surface area contributed by atoms with Crippen molar-refractivity contribution in [3.63, 3.8) is 0 Å². The van der Waals surface area contributed by atoms with Crippen molar-refractivity contribution in [1.82, 2.24) is 0 Å². The fourth-order valence-electron chi connectivity index (χ4n) is 9.28. The van der Waals surface area contributed by atoms with Gasteiger partial charge >= 0.3 is 55.4 Å². The standard InChI is InChI=1S/C32H12BF24.C23H17N4O2/c34-25(35,36)13-1-14(26(37,38)39)6-21(5-13)33(22-7-15(27(40,41)42)2-16(8-22)28(43,44)45,23-9-17(29(46,47)48)3-18(10-23)30(49,50)51)24-11-19(31(52,53)54)4-20(12-24)32(55,56)57;24-26-25-19-10-6-11-20(15-19)29-23(28)22-21-12-5-4-9-18(21)13-14-27(22)16-17-7-2-1-3-8-17/h1-12H;1-15H,16H2/q-1;+1. The minimum Gasteiger partial charge on any atom is -0.419 e. The molecule has 7 aromatic carbocycles. The number of carbonyl (C=O) groups excluding carboxylic acids is 1. The van der Waals surface area contributed by atoms with E-state index in [1.807, 2.05) is 71.4 Å². The van der Waals surface area contributed by atoms with Gasteiger partial charge in [0, 0.05) is 22.2 Å². The van der Waals surface area contributed by atoms with Crippen LogP contribution in [0.15, 0.2) is 169 Å². The van der Waals surface area contributed by atoms with E-state index in [0.717, 1.165) is 16.3 Å². The van der Waals surface area contributed by atoms with E-state index < -0.39 is 201 Å². The molecule has 31 heteroatoms. The lowest BCUT2D eigenvalue weighted by Crippen LogP contribution is -2.75. The maximum atomic E-state index is 14.2. The van der Waals surface area contributed by atoms with E-state index in [4.69, 9.17) is 10.3 Å². The first kappa shape index (κ1) is 64.7. The number of aromatic nitrogens is 1. The van der Waals surface area contributed by atoms with E-state index in [-0.39, 0.29) is 0 Å². The number of alkyl halides is 24. The molecule has 0 saturated carbocycles. The Balaban J connectivity index is 0.000000302. The Morgan fingerprint density at radius 3 is 1.09 bits per heavy atom. The predicted octanol–water partition coefficient (Wildman–Crippen LogP) is 16.6. The number of esters is 1. The number of rotatable bonds is 9. The third-order valence-electron chi connectivity index (χ3n) is 13.0. The van der Waals surface area contributed by atoms with Crippen LogP contribution in [0.2, 0.25) is 0 Å². The lowest BCUT2D eigenvalue weighted by atomic mass is 9.12. The monoisotopic (exact) mass is 1240 g/mol. The summed E-state index contributed by atoms with van der Waals surface area (Å²) in [7, 11) is 0. The van der Waals surface area contributed by atoms with E-state index in [1.54, 1.807) is 18.2 Å². The Morgan fingerprint density at radius 1 is 0.419 bits per heavy atom. The average Bonchev–Trinajstić information content (AvgIpc) is 0.736. The summed E-state index contributed by atoms with van der Waals surface area (Å²) in [6, 6.07) is 17.3. The summed E-state index contributed by atoms with van der Waals surface area (Å²) in [5.41, 5.74) is -19.7. The van der Waals surface area contributed by atoms with Crippen molar-refractivity contribution in [3.05, 3.63) is 230 Å². The highest BCUT2D eigenvalue weighted by Crippen LogP contribution is 2.42. The van der Waals surface area contributed by atoms with Crippen LogP contribution in [0.3, 0.4) is 0 Å². The highest BCUT2D eigenvalue weighted by atomic mass is 19.4. The molecule has 86 heavy (non-hydrogen) atoms. The number of azide groups is 1. The minimum atomic E-state index is -6.13. The van der Waals surface area contributed by atoms with Crippen LogP contribution in [0.5, 0.6) is 5.75 Å². The summed E-state index contributed by atoms with van der Waals surface area (Å²) in [5, 5.41) is 5.31. The predicted molar refractivity (Wildman–Crippen MR) is 260 cm³/mol. The van der Waals surface area contributed by atoms with Crippen LogP contribution >= 0.6 is 0 Å². The molecule has 1 heterocycles. The molecular weight excluding hydrogens is 1220 g/mol. The van der Waals surface area contributed by atoms with E-state index >= 15 is 0 Å². The number of hydrogen-bond donors (Lipinski definition) is 0. The van der Waals surface area contributed by atoms with Gasteiger partial charge in [0.15, 0.2) is 12.7 Å². The van der Waals surface area contributed by atoms with Gasteiger partial charge in [0.25, 0.3) is 5.69 Å². The molecule has 452 valence electrons. The number of hydrogen-bond acceptors (Lipinski definition) is 3. The number of carbonyl (C=O) groups is 1. The first-order chi connectivity index (χ1) is 39.5. The van der Waals surface area contributed by atoms with Gasteiger partial charge in [0.05, 0.1) is 49.9 Å². The molecular formula is C55H29BF24N4O2. The number of ether oxygens (including phenoxy) is 1. The lowest BCUT2D eigenvalue weighted by Gasteiger charge is -2.46. The molecule has 0 unspecified atom stereocenters. The van der Waals surface area contributed by atoms with E-state index in [9.17, 15) is 110 Å². The van der Waals surface area contributed by atoms with Crippen molar-refractivity contribution >= 4 is 50.4 Å². The summed E-state index contributed by atoms with van der Waals surface area (Å²) in [6.45, 7) is 0.537. The molecule has 0 radical (unpaired) electrons. The Bertz CT molecular complexity index is 3440. The van der Waals surface area contributed by atoms with Gasteiger partial charge in [0.2, 0.25) is 0 Å². The molecule has 0 aliphatic heterocycles. The van der Waals surface area contributed by atoms with Gasteiger partial charge in [0.1, 0.15) is 11.9 Å². The van der Waals surface area contributed by atoms with Gasteiger partial charge in [-0.05, 0) is 53.4 Å². The van der Waals surface area contributed by atoms with Gasteiger partial charge < -0.3 is 4.74 Å². The smallest absolute Gasteiger partial charge is 0.416 e. The largest absolute Gasteiger partial charge is 0.419 e. The zero-order valence-electron chi connectivity index (χ0n) is 42.0. The molecule has 0 atom stereocenters. The summed E-state index contributed by atoms with van der Waals surface area (Å²) in [4.78, 5) is 15.9. The second-order valence-electron chi connectivity index (χ2n) is 18.7. The molecule has 0 spiro atoms. The Labute approximate surface area is 466 Å². The van der Waals surface area contributed by atoms with Crippen molar-refractivity contribution in [2.24, 2.45) is 5.11 Å². The van der Waals surface area contributed by atoms with E-state index in [0.29, 0.717) is 23.7 Å². The summed E-state index contributed by atoms with van der Waals surface area (Å²) in [5.74, 6) is -0.157. The fraction of sp³-hybridized carbons (Fsp3) is 0.164. The molecule has 0 amide bonds. The van der Waals surface area contributed by atoms with Gasteiger partial charge in [-0.2, -0.15) is 132 Å². The van der Waals surface area contributed by atoms with Crippen LogP contribution in [0, 0.1) is 0 Å². The second kappa shape index (κ2) is 23.2. The number of benzene rings is 7. The minimum absolute atomic E-state index is 0.319. The summed E-state index contributed by atoms with van der Waals surface area (Å²) >= 11 is 0. The first-order valence-electron chi connectivity index (χ1n) is 23.7. The quantitative estimate of drug-likeness (QED) is 0.0211. The first-order valence-corrected chi connectivity index (χ1v) is 23.7. The van der Waals surface area contributed by atoms with Crippen LogP contribution in [0.1, 0.15) is 60.6 Å². The third-order valence-corrected chi connectivity index (χ3v) is 13.0. The lowest BCUT2D eigenvalue weighted by molar-refractivity contribution is -0.689. The number of nitrogens with zero attached hydrogens (tertiary/aromatic N) is 4. The zero-order valence-corrected chi connectivity index (χ0v) is 42.0. The van der Waals surface area contributed by atoms with Crippen LogP contribution in [0.4, 0.5) is 111 Å². The van der Waals surface area contributed by atoms with Crippen LogP contribution in [0.25, 0.3) is 21.2 Å². The van der Waals surface area contributed by atoms with E-state index in [1.165, 1.54) is 6.07 Å². The van der Waals surface area contributed by atoms with Crippen LogP contribution in [-0.4, -0.2) is 12.1 Å². The molecule has 1 aromatic heterocycles. The average molecular weight is 1240 g/mol. The molecule has 0 aliphatic carbocycles. The van der Waals surface area contributed by atoms with Crippen molar-refractivity contribution < 1.29 is 119 Å². The van der Waals surface area contributed by atoms with Crippen LogP contribution in [-0.2, 0) is 56.0 Å². The Hall–Kier alpha value is -8.89. The SMILES string of the molecule is FC(F)(F)c1cc([B-](c2cc(C(F)(F)F)cc(C(F)(F)F)c2)(c2cc(C(F)(F)F)cc(C(F)(F)F)c2)c2cc(C(F)(F)F)cc(C(F)(F)F)c2)cc(C(F)(F)F)c1.[N-]=[N+]=Nc1cccc(OC(=O)c2c3ccccc3cc[n+]2Cc2ccccc2)c1. The Kier molecular flexibility index (Phi) is 17.4. The fourth-order valence-corrected chi connectivity index (χ4v) is 9.28. The van der Waals surface area contributed by atoms with Crippen molar-refractivity contribution in [2.45, 2.75) is 56.0 Å². The third kappa shape index (κ3) is 14.6. The summed E-state index contributed by atoms with van der Waals surface area (Å²) < 4.78 is 348. The highest BCUT2D eigenvalue weighted by molar-refractivity contribution is 7.20. The van der Waals surface area contributed by atoms with Crippen molar-refractivity contribution in [1.29, 1.82) is 0 Å². The normalized spacial score (nSPS) is 13.0. The van der Waals surface area contributed by atoms with Gasteiger partial charge in [-0.15, -0.1) is 0 Å². The number of pyridine rings is 1. The van der Waals surface area contributed by atoms with E-state index in [2.05, 4.69) is 10.0 Å². The van der Waals surface area contributed by atoms with Gasteiger partial charge in [-0.1, -0.05) is 114 Å². The maximum absolute atomic E-state index is 14.2. The molecule has 0 aliphatic rings. The maximum Gasteiger partial charge on any atom is 0.416 e. The van der Waals surface area contributed by atoms with Crippen molar-refractivity contribution in [2.75, 3.05) is 0 Å². The highest BCUT2D eigenvalue weighted by Gasteiger charge is 2.47. The Morgan fingerprint density at radius 2 is 0.756 bits per heavy atom. The molecule has 8 rings (SSSR count). The molecule has 6 nitrogen and oxygen atoms in total. The zero-order chi connectivity index (χ0) is 64.0. The molecule has 0 saturated heterocycles. The molecule has 0 fully saturated rings. The van der Waals surface area contributed by atoms with Crippen molar-refractivity contribution in [3.8, 4) is 5.75 Å². The van der Waals surface area contributed by atoms with Crippen LogP contribution < -0.4 is 31.2 Å². The van der Waals surface area contributed by atoms with Gasteiger partial charge in [-0.25, -0.2) is 4.79 Å². The number of fused-ring (bicyclic) bond motifs is 1. The molecule has 8 aromatic rings. The topological polar surface area (TPSA) is 78.9 Å². The molecule has 0 N–H and O–H groups in total. The second-order valence-corrected chi connectivity index (χ2v) is 18.7. The molecule has 0 bridgehead atoms.